The van der Waals surface area contributed by atoms with E-state index in [1.165, 1.54) is 18.3 Å². The summed E-state index contributed by atoms with van der Waals surface area (Å²) < 4.78 is 26.3. The van der Waals surface area contributed by atoms with Crippen LogP contribution in [0.15, 0.2) is 36.7 Å². The van der Waals surface area contributed by atoms with E-state index in [4.69, 9.17) is 5.11 Å². The minimum absolute atomic E-state index is 0.0335. The fourth-order valence-electron chi connectivity index (χ4n) is 1.51. The van der Waals surface area contributed by atoms with Gasteiger partial charge in [0.25, 0.3) is 0 Å². The number of aromatic carboxylic acids is 1. The number of pyridine rings is 1. The highest BCUT2D eigenvalue weighted by Crippen LogP contribution is 2.26. The van der Waals surface area contributed by atoms with E-state index in [-0.39, 0.29) is 16.7 Å². The Labute approximate surface area is 95.4 Å². The lowest BCUT2D eigenvalue weighted by Crippen LogP contribution is -2.01. The van der Waals surface area contributed by atoms with Crippen LogP contribution in [-0.4, -0.2) is 16.1 Å². The SMILES string of the molecule is O=C(O)c1cnccc1-c1ccc(F)cc1F. The van der Waals surface area contributed by atoms with E-state index in [0.29, 0.717) is 6.07 Å². The van der Waals surface area contributed by atoms with Crippen LogP contribution in [0, 0.1) is 11.6 Å². The molecule has 17 heavy (non-hydrogen) atoms. The van der Waals surface area contributed by atoms with Crippen LogP contribution in [0.25, 0.3) is 11.1 Å². The van der Waals surface area contributed by atoms with Gasteiger partial charge in [0.1, 0.15) is 11.6 Å². The molecule has 0 spiro atoms. The molecule has 0 radical (unpaired) electrons. The maximum Gasteiger partial charge on any atom is 0.337 e. The van der Waals surface area contributed by atoms with E-state index in [1.807, 2.05) is 0 Å². The van der Waals surface area contributed by atoms with E-state index in [0.717, 1.165) is 12.3 Å². The van der Waals surface area contributed by atoms with E-state index < -0.39 is 17.6 Å². The summed E-state index contributed by atoms with van der Waals surface area (Å²) in [5.41, 5.74) is 0.0780. The van der Waals surface area contributed by atoms with Crippen molar-refractivity contribution in [1.82, 2.24) is 4.98 Å². The van der Waals surface area contributed by atoms with Crippen LogP contribution in [0.2, 0.25) is 0 Å². The molecule has 0 bridgehead atoms. The van der Waals surface area contributed by atoms with Gasteiger partial charge in [-0.3, -0.25) is 4.98 Å². The Balaban J connectivity index is 2.64. The normalized spacial score (nSPS) is 10.2. The average Bonchev–Trinajstić information content (AvgIpc) is 2.29. The molecule has 1 aromatic heterocycles. The molecule has 2 rings (SSSR count). The third-order valence-corrected chi connectivity index (χ3v) is 2.27. The molecule has 1 N–H and O–H groups in total. The summed E-state index contributed by atoms with van der Waals surface area (Å²) in [4.78, 5) is 14.6. The zero-order chi connectivity index (χ0) is 12.4. The van der Waals surface area contributed by atoms with Gasteiger partial charge in [-0.05, 0) is 18.2 Å². The molecule has 1 aromatic carbocycles. The zero-order valence-electron chi connectivity index (χ0n) is 8.52. The first-order valence-corrected chi connectivity index (χ1v) is 4.72. The second kappa shape index (κ2) is 4.29. The largest absolute Gasteiger partial charge is 0.478 e. The molecule has 3 nitrogen and oxygen atoms in total. The molecule has 0 fully saturated rings. The van der Waals surface area contributed by atoms with Crippen molar-refractivity contribution in [2.24, 2.45) is 0 Å². The lowest BCUT2D eigenvalue weighted by molar-refractivity contribution is 0.0697. The van der Waals surface area contributed by atoms with Crippen molar-refractivity contribution >= 4 is 5.97 Å². The third kappa shape index (κ3) is 2.13. The lowest BCUT2D eigenvalue weighted by atomic mass is 10.0. The summed E-state index contributed by atoms with van der Waals surface area (Å²) in [5.74, 6) is -2.73. The van der Waals surface area contributed by atoms with Crippen molar-refractivity contribution in [2.45, 2.75) is 0 Å². The summed E-state index contributed by atoms with van der Waals surface area (Å²) in [5, 5.41) is 8.94. The van der Waals surface area contributed by atoms with Gasteiger partial charge in [0, 0.05) is 29.6 Å². The number of benzene rings is 1. The van der Waals surface area contributed by atoms with Gasteiger partial charge < -0.3 is 5.11 Å². The minimum atomic E-state index is -1.21. The van der Waals surface area contributed by atoms with Crippen molar-refractivity contribution < 1.29 is 18.7 Å². The predicted octanol–water partition coefficient (Wildman–Crippen LogP) is 2.73. The molecule has 0 aliphatic rings. The highest BCUT2D eigenvalue weighted by atomic mass is 19.1. The first-order valence-electron chi connectivity index (χ1n) is 4.72. The summed E-state index contributed by atoms with van der Waals surface area (Å²) in [6, 6.07) is 4.36. The minimum Gasteiger partial charge on any atom is -0.478 e. The molecule has 86 valence electrons. The molecular formula is C12H7F2NO2. The molecule has 0 unspecified atom stereocenters. The number of nitrogens with zero attached hydrogens (tertiary/aromatic N) is 1. The number of halogens is 2. The van der Waals surface area contributed by atoms with Crippen LogP contribution in [0.3, 0.4) is 0 Å². The Morgan fingerprint density at radius 3 is 2.59 bits per heavy atom. The Bertz CT molecular complexity index is 584. The highest BCUT2D eigenvalue weighted by molar-refractivity contribution is 5.95. The third-order valence-electron chi connectivity index (χ3n) is 2.27. The Hall–Kier alpha value is -2.30. The van der Waals surface area contributed by atoms with Crippen LogP contribution in [0.1, 0.15) is 10.4 Å². The number of aromatic nitrogens is 1. The number of hydrogen-bond acceptors (Lipinski definition) is 2. The smallest absolute Gasteiger partial charge is 0.337 e. The maximum absolute atomic E-state index is 13.5. The second-order valence-corrected chi connectivity index (χ2v) is 3.35. The second-order valence-electron chi connectivity index (χ2n) is 3.35. The predicted molar refractivity (Wildman–Crippen MR) is 56.5 cm³/mol. The van der Waals surface area contributed by atoms with Crippen LogP contribution >= 0.6 is 0 Å². The van der Waals surface area contributed by atoms with Gasteiger partial charge in [-0.25, -0.2) is 13.6 Å². The summed E-state index contributed by atoms with van der Waals surface area (Å²) in [6.45, 7) is 0. The molecule has 0 saturated heterocycles. The first kappa shape index (κ1) is 11.2. The number of carboxylic acid groups (broad SMARTS) is 1. The van der Waals surface area contributed by atoms with Gasteiger partial charge in [0.15, 0.2) is 0 Å². The van der Waals surface area contributed by atoms with Crippen molar-refractivity contribution in [1.29, 1.82) is 0 Å². The number of carboxylic acids is 1. The monoisotopic (exact) mass is 235 g/mol. The van der Waals surface area contributed by atoms with Crippen molar-refractivity contribution in [2.75, 3.05) is 0 Å². The molecule has 0 aliphatic heterocycles. The molecule has 2 aromatic rings. The molecule has 0 amide bonds. The maximum atomic E-state index is 13.5. The van der Waals surface area contributed by atoms with Crippen LogP contribution in [-0.2, 0) is 0 Å². The standard InChI is InChI=1S/C12H7F2NO2/c13-7-1-2-9(11(14)5-7)8-3-4-15-6-10(8)12(16)17/h1-6H,(H,16,17). The van der Waals surface area contributed by atoms with E-state index in [2.05, 4.69) is 4.98 Å². The van der Waals surface area contributed by atoms with Crippen molar-refractivity contribution in [3.63, 3.8) is 0 Å². The quantitative estimate of drug-likeness (QED) is 0.870. The average molecular weight is 235 g/mol. The Morgan fingerprint density at radius 1 is 1.18 bits per heavy atom. The van der Waals surface area contributed by atoms with Crippen molar-refractivity contribution in [3.8, 4) is 11.1 Å². The Morgan fingerprint density at radius 2 is 1.94 bits per heavy atom. The molecule has 1 heterocycles. The molecule has 0 saturated carbocycles. The fraction of sp³-hybridized carbons (Fsp3) is 0. The van der Waals surface area contributed by atoms with Crippen LogP contribution in [0.4, 0.5) is 8.78 Å². The lowest BCUT2D eigenvalue weighted by Gasteiger charge is -2.06. The van der Waals surface area contributed by atoms with Gasteiger partial charge >= 0.3 is 5.97 Å². The van der Waals surface area contributed by atoms with Gasteiger partial charge in [-0.15, -0.1) is 0 Å². The highest BCUT2D eigenvalue weighted by Gasteiger charge is 2.14. The molecule has 0 aliphatic carbocycles. The van der Waals surface area contributed by atoms with Crippen molar-refractivity contribution in [3.05, 3.63) is 53.9 Å². The Kier molecular flexibility index (Phi) is 2.82. The number of carbonyl (C=O) groups is 1. The topological polar surface area (TPSA) is 50.2 Å². The summed E-state index contributed by atoms with van der Waals surface area (Å²) in [7, 11) is 0. The number of hydrogen-bond donors (Lipinski definition) is 1. The molecule has 0 atom stereocenters. The van der Waals surface area contributed by atoms with Gasteiger partial charge in [-0.2, -0.15) is 0 Å². The van der Waals surface area contributed by atoms with Crippen LogP contribution in [0.5, 0.6) is 0 Å². The summed E-state index contributed by atoms with van der Waals surface area (Å²) >= 11 is 0. The van der Waals surface area contributed by atoms with E-state index in [1.54, 1.807) is 0 Å². The van der Waals surface area contributed by atoms with Gasteiger partial charge in [-0.1, -0.05) is 0 Å². The van der Waals surface area contributed by atoms with E-state index in [9.17, 15) is 13.6 Å². The number of rotatable bonds is 2. The molecular weight excluding hydrogens is 228 g/mol. The van der Waals surface area contributed by atoms with Gasteiger partial charge in [0.05, 0.1) is 5.56 Å². The molecule has 5 heteroatoms. The fourth-order valence-corrected chi connectivity index (χ4v) is 1.51. The van der Waals surface area contributed by atoms with Gasteiger partial charge in [0.2, 0.25) is 0 Å². The summed E-state index contributed by atoms with van der Waals surface area (Å²) in [6.07, 6.45) is 2.48. The zero-order valence-corrected chi connectivity index (χ0v) is 8.52. The first-order chi connectivity index (χ1) is 8.09. The van der Waals surface area contributed by atoms with Crippen LogP contribution < -0.4 is 0 Å². The van der Waals surface area contributed by atoms with E-state index >= 15 is 0 Å².